The highest BCUT2D eigenvalue weighted by molar-refractivity contribution is 6.21. The van der Waals surface area contributed by atoms with Gasteiger partial charge in [-0.25, -0.2) is 0 Å². The molecule has 1 N–H and O–H groups in total. The zero-order chi connectivity index (χ0) is 15.8. The smallest absolute Gasteiger partial charge is 0.261 e. The van der Waals surface area contributed by atoms with E-state index < -0.39 is 0 Å². The monoisotopic (exact) mass is 348 g/mol. The quantitative estimate of drug-likeness (QED) is 0.854. The molecule has 126 valence electrons. The van der Waals surface area contributed by atoms with Crippen LogP contribution in [0.25, 0.3) is 0 Å². The number of benzene rings is 1. The number of carbonyl (C=O) groups is 2. The Balaban J connectivity index is 0.00000169. The number of hydrogen-bond acceptors (Lipinski definition) is 6. The Kier molecular flexibility index (Phi) is 4.64. The zero-order valence-corrected chi connectivity index (χ0v) is 13.7. The van der Waals surface area contributed by atoms with Crippen molar-refractivity contribution in [3.05, 3.63) is 47.1 Å². The molecule has 8 heteroatoms. The molecule has 3 heterocycles. The van der Waals surface area contributed by atoms with E-state index in [-0.39, 0.29) is 36.8 Å². The number of rotatable bonds is 3. The van der Waals surface area contributed by atoms with E-state index in [2.05, 4.69) is 15.5 Å². The Morgan fingerprint density at radius 3 is 2.50 bits per heavy atom. The fourth-order valence-corrected chi connectivity index (χ4v) is 3.06. The summed E-state index contributed by atoms with van der Waals surface area (Å²) in [7, 11) is 0. The van der Waals surface area contributed by atoms with Crippen LogP contribution < -0.4 is 5.32 Å². The highest BCUT2D eigenvalue weighted by atomic mass is 35.5. The predicted molar refractivity (Wildman–Crippen MR) is 86.8 cm³/mol. The summed E-state index contributed by atoms with van der Waals surface area (Å²) in [4.78, 5) is 30.2. The summed E-state index contributed by atoms with van der Waals surface area (Å²) in [5.74, 6) is 0.249. The van der Waals surface area contributed by atoms with Gasteiger partial charge in [0.1, 0.15) is 0 Å². The maximum atomic E-state index is 12.3. The van der Waals surface area contributed by atoms with Gasteiger partial charge < -0.3 is 9.84 Å². The number of aromatic nitrogens is 2. The van der Waals surface area contributed by atoms with Crippen LogP contribution in [0.5, 0.6) is 0 Å². The van der Waals surface area contributed by atoms with Gasteiger partial charge in [0, 0.05) is 0 Å². The fourth-order valence-electron chi connectivity index (χ4n) is 3.06. The van der Waals surface area contributed by atoms with Crippen molar-refractivity contribution in [3.63, 3.8) is 0 Å². The summed E-state index contributed by atoms with van der Waals surface area (Å²) in [6, 6.07) is 6.86. The highest BCUT2D eigenvalue weighted by Gasteiger charge is 2.36. The predicted octanol–water partition coefficient (Wildman–Crippen LogP) is 2.10. The summed E-state index contributed by atoms with van der Waals surface area (Å²) < 4.78 is 5.29. The van der Waals surface area contributed by atoms with Gasteiger partial charge in [-0.15, -0.1) is 12.4 Å². The SMILES string of the molecule is Cl.O=C1c2ccccc2C(=O)N1Cc1noc(C2CCCCN2)n1. The second-order valence-electron chi connectivity index (χ2n) is 5.79. The molecule has 2 aliphatic rings. The summed E-state index contributed by atoms with van der Waals surface area (Å²) in [5.41, 5.74) is 0.852. The van der Waals surface area contributed by atoms with Gasteiger partial charge in [0.05, 0.1) is 23.7 Å². The van der Waals surface area contributed by atoms with E-state index in [1.54, 1.807) is 24.3 Å². The Hall–Kier alpha value is -2.25. The van der Waals surface area contributed by atoms with Crippen LogP contribution in [-0.4, -0.2) is 33.4 Å². The number of piperidine rings is 1. The van der Waals surface area contributed by atoms with Crippen LogP contribution in [0.1, 0.15) is 57.7 Å². The molecule has 1 fully saturated rings. The van der Waals surface area contributed by atoms with Crippen molar-refractivity contribution in [2.75, 3.05) is 6.54 Å². The minimum atomic E-state index is -0.312. The van der Waals surface area contributed by atoms with Gasteiger partial charge in [0.2, 0.25) is 5.89 Å². The molecule has 0 bridgehead atoms. The summed E-state index contributed by atoms with van der Waals surface area (Å²) in [6.07, 6.45) is 3.22. The van der Waals surface area contributed by atoms with Crippen molar-refractivity contribution in [2.45, 2.75) is 31.8 Å². The Morgan fingerprint density at radius 2 is 1.88 bits per heavy atom. The van der Waals surface area contributed by atoms with E-state index in [1.807, 2.05) is 0 Å². The van der Waals surface area contributed by atoms with Crippen LogP contribution in [0.4, 0.5) is 0 Å². The molecular formula is C16H17ClN4O3. The van der Waals surface area contributed by atoms with Gasteiger partial charge in [-0.2, -0.15) is 4.98 Å². The third-order valence-electron chi connectivity index (χ3n) is 4.27. The standard InChI is InChI=1S/C16H16N4O3.ClH/c21-15-10-5-1-2-6-11(10)16(22)20(15)9-13-18-14(23-19-13)12-7-3-4-8-17-12;/h1-2,5-6,12,17H,3-4,7-9H2;1H. The van der Waals surface area contributed by atoms with Crippen LogP contribution in [0.2, 0.25) is 0 Å². The number of halogens is 1. The van der Waals surface area contributed by atoms with Crippen LogP contribution in [0.15, 0.2) is 28.8 Å². The van der Waals surface area contributed by atoms with Crippen LogP contribution in [0, 0.1) is 0 Å². The molecule has 0 aliphatic carbocycles. The maximum absolute atomic E-state index is 12.3. The first kappa shape index (κ1) is 16.6. The lowest BCUT2D eigenvalue weighted by Crippen LogP contribution is -2.30. The van der Waals surface area contributed by atoms with Gasteiger partial charge in [-0.3, -0.25) is 14.5 Å². The van der Waals surface area contributed by atoms with Crippen molar-refractivity contribution >= 4 is 24.2 Å². The van der Waals surface area contributed by atoms with Crippen LogP contribution in [0.3, 0.4) is 0 Å². The first-order chi connectivity index (χ1) is 11.2. The van der Waals surface area contributed by atoms with E-state index in [0.29, 0.717) is 22.8 Å². The molecule has 7 nitrogen and oxygen atoms in total. The summed E-state index contributed by atoms with van der Waals surface area (Å²) in [6.45, 7) is 0.962. The number of nitrogens with one attached hydrogen (secondary N) is 1. The Morgan fingerprint density at radius 1 is 1.17 bits per heavy atom. The number of fused-ring (bicyclic) bond motifs is 1. The minimum absolute atomic E-state index is 0. The van der Waals surface area contributed by atoms with Crippen LogP contribution in [-0.2, 0) is 6.54 Å². The molecule has 1 aromatic heterocycles. The molecule has 0 radical (unpaired) electrons. The minimum Gasteiger partial charge on any atom is -0.338 e. The summed E-state index contributed by atoms with van der Waals surface area (Å²) in [5, 5.41) is 7.24. The average Bonchev–Trinajstić information content (AvgIpc) is 3.16. The Bertz CT molecular complexity index is 735. The zero-order valence-electron chi connectivity index (χ0n) is 12.9. The number of hydrogen-bond donors (Lipinski definition) is 1. The number of nitrogens with zero attached hydrogens (tertiary/aromatic N) is 3. The molecule has 1 aromatic carbocycles. The molecule has 1 atom stereocenters. The largest absolute Gasteiger partial charge is 0.338 e. The molecule has 24 heavy (non-hydrogen) atoms. The van der Waals surface area contributed by atoms with Gasteiger partial charge in [0.25, 0.3) is 11.8 Å². The molecular weight excluding hydrogens is 332 g/mol. The molecule has 0 spiro atoms. The van der Waals surface area contributed by atoms with Crippen molar-refractivity contribution < 1.29 is 14.1 Å². The topological polar surface area (TPSA) is 88.3 Å². The molecule has 0 saturated carbocycles. The third-order valence-corrected chi connectivity index (χ3v) is 4.27. The third kappa shape index (κ3) is 2.81. The van der Waals surface area contributed by atoms with Gasteiger partial charge in [-0.1, -0.05) is 23.7 Å². The number of carbonyl (C=O) groups excluding carboxylic acids is 2. The van der Waals surface area contributed by atoms with E-state index in [4.69, 9.17) is 4.52 Å². The molecule has 2 amide bonds. The summed E-state index contributed by atoms with van der Waals surface area (Å²) >= 11 is 0. The molecule has 4 rings (SSSR count). The van der Waals surface area contributed by atoms with Crippen LogP contribution >= 0.6 is 12.4 Å². The normalized spacial score (nSPS) is 20.0. The Labute approximate surface area is 144 Å². The number of amides is 2. The highest BCUT2D eigenvalue weighted by Crippen LogP contribution is 2.25. The first-order valence-corrected chi connectivity index (χ1v) is 7.75. The molecule has 1 unspecified atom stereocenters. The fraction of sp³-hybridized carbons (Fsp3) is 0.375. The van der Waals surface area contributed by atoms with E-state index in [9.17, 15) is 9.59 Å². The van der Waals surface area contributed by atoms with Gasteiger partial charge >= 0.3 is 0 Å². The van der Waals surface area contributed by atoms with E-state index >= 15 is 0 Å². The van der Waals surface area contributed by atoms with Crippen molar-refractivity contribution in [3.8, 4) is 0 Å². The van der Waals surface area contributed by atoms with Crippen molar-refractivity contribution in [1.29, 1.82) is 0 Å². The second kappa shape index (κ2) is 6.70. The van der Waals surface area contributed by atoms with E-state index in [1.165, 1.54) is 0 Å². The average molecular weight is 349 g/mol. The lowest BCUT2D eigenvalue weighted by molar-refractivity contribution is 0.0637. The molecule has 2 aromatic rings. The van der Waals surface area contributed by atoms with Gasteiger partial charge in [0.15, 0.2) is 5.82 Å². The van der Waals surface area contributed by atoms with Crippen molar-refractivity contribution in [2.24, 2.45) is 0 Å². The molecule has 1 saturated heterocycles. The molecule has 2 aliphatic heterocycles. The second-order valence-corrected chi connectivity index (χ2v) is 5.79. The lowest BCUT2D eigenvalue weighted by Gasteiger charge is -2.19. The van der Waals surface area contributed by atoms with Crippen molar-refractivity contribution in [1.82, 2.24) is 20.4 Å². The van der Waals surface area contributed by atoms with Gasteiger partial charge in [-0.05, 0) is 31.5 Å². The maximum Gasteiger partial charge on any atom is 0.261 e. The lowest BCUT2D eigenvalue weighted by atomic mass is 10.1. The first-order valence-electron chi connectivity index (χ1n) is 7.75. The number of imide groups is 1. The van der Waals surface area contributed by atoms with E-state index in [0.717, 1.165) is 30.7 Å².